The first-order valence-corrected chi connectivity index (χ1v) is 6.98. The highest BCUT2D eigenvalue weighted by atomic mass is 35.5. The molecule has 3 rings (SSSR count). The molecule has 1 atom stereocenters. The van der Waals surface area contributed by atoms with Crippen molar-refractivity contribution in [2.24, 2.45) is 0 Å². The molecule has 0 fully saturated rings. The second-order valence-electron chi connectivity index (χ2n) is 4.85. The maximum atomic E-state index is 13.6. The van der Waals surface area contributed by atoms with E-state index in [2.05, 4.69) is 9.97 Å². The summed E-state index contributed by atoms with van der Waals surface area (Å²) in [5.41, 5.74) is -0.168. The van der Waals surface area contributed by atoms with Gasteiger partial charge in [0.05, 0.1) is 0 Å². The fourth-order valence-electron chi connectivity index (χ4n) is 2.39. The van der Waals surface area contributed by atoms with Crippen LogP contribution in [0.2, 0.25) is 5.02 Å². The van der Waals surface area contributed by atoms with Crippen molar-refractivity contribution in [3.63, 3.8) is 0 Å². The second kappa shape index (κ2) is 5.83. The molecule has 1 N–H and O–H groups in total. The van der Waals surface area contributed by atoms with E-state index in [1.807, 2.05) is 0 Å². The molecule has 3 aromatic rings. The van der Waals surface area contributed by atoms with Crippen LogP contribution in [0.3, 0.4) is 0 Å². The Bertz CT molecular complexity index is 780. The zero-order valence-electron chi connectivity index (χ0n) is 11.4. The molecule has 0 radical (unpaired) electrons. The Morgan fingerprint density at radius 3 is 2.23 bits per heavy atom. The van der Waals surface area contributed by atoms with Crippen LogP contribution < -0.4 is 0 Å². The van der Waals surface area contributed by atoms with Crippen molar-refractivity contribution in [3.8, 4) is 0 Å². The zero-order chi connectivity index (χ0) is 15.6. The van der Waals surface area contributed by atoms with Crippen molar-refractivity contribution < 1.29 is 9.50 Å². The molecule has 0 saturated heterocycles. The summed E-state index contributed by atoms with van der Waals surface area (Å²) >= 11 is 5.91. The number of aliphatic hydroxyl groups is 1. The Hall–Kier alpha value is -2.30. The third-order valence-electron chi connectivity index (χ3n) is 3.48. The first kappa shape index (κ1) is 14.6. The summed E-state index contributed by atoms with van der Waals surface area (Å²) in [5.74, 6) is -0.429. The van der Waals surface area contributed by atoms with E-state index in [0.29, 0.717) is 21.7 Å². The summed E-state index contributed by atoms with van der Waals surface area (Å²) in [6.45, 7) is 0. The Morgan fingerprint density at radius 1 is 0.909 bits per heavy atom. The average molecular weight is 315 g/mol. The SMILES string of the molecule is OC(c1ccc(Cl)cc1)(c1cncnc1)c1cccc(F)c1. The monoisotopic (exact) mass is 314 g/mol. The van der Waals surface area contributed by atoms with Crippen LogP contribution in [0.5, 0.6) is 0 Å². The Morgan fingerprint density at radius 2 is 1.59 bits per heavy atom. The van der Waals surface area contributed by atoms with Gasteiger partial charge in [0.15, 0.2) is 0 Å². The molecule has 0 spiro atoms. The molecule has 0 aliphatic rings. The van der Waals surface area contributed by atoms with Crippen LogP contribution in [0.15, 0.2) is 67.3 Å². The van der Waals surface area contributed by atoms with Crippen LogP contribution in [0, 0.1) is 5.82 Å². The van der Waals surface area contributed by atoms with E-state index in [0.717, 1.165) is 0 Å². The van der Waals surface area contributed by atoms with Gasteiger partial charge in [0.1, 0.15) is 17.7 Å². The Balaban J connectivity index is 2.24. The van der Waals surface area contributed by atoms with Gasteiger partial charge < -0.3 is 5.11 Å². The van der Waals surface area contributed by atoms with Gasteiger partial charge in [-0.15, -0.1) is 0 Å². The van der Waals surface area contributed by atoms with Crippen LogP contribution in [-0.4, -0.2) is 15.1 Å². The first-order valence-electron chi connectivity index (χ1n) is 6.60. The minimum Gasteiger partial charge on any atom is -0.376 e. The molecule has 22 heavy (non-hydrogen) atoms. The van der Waals surface area contributed by atoms with E-state index in [1.165, 1.54) is 30.9 Å². The van der Waals surface area contributed by atoms with Crippen LogP contribution in [0.1, 0.15) is 16.7 Å². The first-order chi connectivity index (χ1) is 10.6. The third-order valence-corrected chi connectivity index (χ3v) is 3.73. The van der Waals surface area contributed by atoms with Gasteiger partial charge >= 0.3 is 0 Å². The van der Waals surface area contributed by atoms with Crippen molar-refractivity contribution in [2.45, 2.75) is 5.60 Å². The molecule has 2 aromatic carbocycles. The number of nitrogens with zero attached hydrogens (tertiary/aromatic N) is 2. The van der Waals surface area contributed by atoms with E-state index in [9.17, 15) is 9.50 Å². The van der Waals surface area contributed by atoms with E-state index >= 15 is 0 Å². The van der Waals surface area contributed by atoms with Crippen LogP contribution in [0.4, 0.5) is 4.39 Å². The van der Waals surface area contributed by atoms with Crippen LogP contribution in [0.25, 0.3) is 0 Å². The van der Waals surface area contributed by atoms with Crippen molar-refractivity contribution in [2.75, 3.05) is 0 Å². The quantitative estimate of drug-likeness (QED) is 0.804. The lowest BCUT2D eigenvalue weighted by molar-refractivity contribution is 0.124. The number of rotatable bonds is 3. The molecular formula is C17H12ClFN2O. The predicted octanol–water partition coefficient (Wildman–Crippen LogP) is 3.55. The second-order valence-corrected chi connectivity index (χ2v) is 5.29. The lowest BCUT2D eigenvalue weighted by atomic mass is 9.81. The lowest BCUT2D eigenvalue weighted by Gasteiger charge is -2.29. The topological polar surface area (TPSA) is 46.0 Å². The number of benzene rings is 2. The van der Waals surface area contributed by atoms with Crippen molar-refractivity contribution >= 4 is 11.6 Å². The maximum absolute atomic E-state index is 13.6. The third kappa shape index (κ3) is 2.58. The highest BCUT2D eigenvalue weighted by Gasteiger charge is 2.34. The van der Waals surface area contributed by atoms with Crippen molar-refractivity contribution in [1.29, 1.82) is 0 Å². The minimum atomic E-state index is -1.56. The molecule has 0 amide bonds. The molecule has 0 aliphatic carbocycles. The number of halogens is 2. The molecule has 5 heteroatoms. The molecule has 1 heterocycles. The molecule has 0 aliphatic heterocycles. The smallest absolute Gasteiger partial charge is 0.143 e. The molecule has 1 unspecified atom stereocenters. The highest BCUT2D eigenvalue weighted by Crippen LogP contribution is 2.36. The van der Waals surface area contributed by atoms with Gasteiger partial charge in [-0.25, -0.2) is 14.4 Å². The molecule has 0 bridgehead atoms. The molecule has 3 nitrogen and oxygen atoms in total. The van der Waals surface area contributed by atoms with E-state index in [-0.39, 0.29) is 0 Å². The number of hydrogen-bond acceptors (Lipinski definition) is 3. The largest absolute Gasteiger partial charge is 0.376 e. The van der Waals surface area contributed by atoms with Gasteiger partial charge in [0, 0.05) is 23.0 Å². The maximum Gasteiger partial charge on any atom is 0.143 e. The van der Waals surface area contributed by atoms with E-state index in [1.54, 1.807) is 36.4 Å². The lowest BCUT2D eigenvalue weighted by Crippen LogP contribution is -2.29. The Kier molecular flexibility index (Phi) is 3.88. The van der Waals surface area contributed by atoms with Crippen molar-refractivity contribution in [3.05, 3.63) is 94.8 Å². The molecular weight excluding hydrogens is 303 g/mol. The van der Waals surface area contributed by atoms with Gasteiger partial charge in [-0.3, -0.25) is 0 Å². The van der Waals surface area contributed by atoms with Crippen LogP contribution >= 0.6 is 11.6 Å². The summed E-state index contributed by atoms with van der Waals surface area (Å²) in [5, 5.41) is 11.9. The highest BCUT2D eigenvalue weighted by molar-refractivity contribution is 6.30. The number of hydrogen-bond donors (Lipinski definition) is 1. The summed E-state index contributed by atoms with van der Waals surface area (Å²) < 4.78 is 13.6. The minimum absolute atomic E-state index is 0.393. The molecule has 0 saturated carbocycles. The van der Waals surface area contributed by atoms with E-state index in [4.69, 9.17) is 11.6 Å². The van der Waals surface area contributed by atoms with E-state index < -0.39 is 11.4 Å². The standard InChI is InChI=1S/C17H12ClFN2O/c18-15-6-4-12(5-7-15)17(22,14-9-20-11-21-10-14)13-2-1-3-16(19)8-13/h1-11,22H. The fraction of sp³-hybridized carbons (Fsp3) is 0.0588. The zero-order valence-corrected chi connectivity index (χ0v) is 12.2. The summed E-state index contributed by atoms with van der Waals surface area (Å²) in [4.78, 5) is 7.90. The molecule has 110 valence electrons. The van der Waals surface area contributed by atoms with Crippen molar-refractivity contribution in [1.82, 2.24) is 9.97 Å². The Labute approximate surface area is 132 Å². The molecule has 1 aromatic heterocycles. The van der Waals surface area contributed by atoms with Gasteiger partial charge in [0.25, 0.3) is 0 Å². The van der Waals surface area contributed by atoms with Crippen LogP contribution in [-0.2, 0) is 5.60 Å². The summed E-state index contributed by atoms with van der Waals surface area (Å²) in [7, 11) is 0. The van der Waals surface area contributed by atoms with Gasteiger partial charge in [-0.05, 0) is 35.4 Å². The summed E-state index contributed by atoms with van der Waals surface area (Å²) in [6, 6.07) is 12.6. The predicted molar refractivity (Wildman–Crippen MR) is 82.0 cm³/mol. The van der Waals surface area contributed by atoms with Gasteiger partial charge in [0.2, 0.25) is 0 Å². The average Bonchev–Trinajstić information content (AvgIpc) is 2.55. The fourth-order valence-corrected chi connectivity index (χ4v) is 2.52. The summed E-state index contributed by atoms with van der Waals surface area (Å²) in [6.07, 6.45) is 4.39. The normalized spacial score (nSPS) is 13.6. The van der Waals surface area contributed by atoms with Gasteiger partial charge in [-0.2, -0.15) is 0 Å². The number of aromatic nitrogens is 2. The van der Waals surface area contributed by atoms with Gasteiger partial charge in [-0.1, -0.05) is 35.9 Å².